The van der Waals surface area contributed by atoms with Crippen molar-refractivity contribution in [1.29, 1.82) is 0 Å². The van der Waals surface area contributed by atoms with Crippen LogP contribution in [0.5, 0.6) is 0 Å². The van der Waals surface area contributed by atoms with Crippen molar-refractivity contribution in [2.24, 2.45) is 5.92 Å². The lowest BCUT2D eigenvalue weighted by Crippen LogP contribution is -2.06. The highest BCUT2D eigenvalue weighted by molar-refractivity contribution is 8.02. The molecule has 0 bridgehead atoms. The second kappa shape index (κ2) is 13.8. The number of hydrogen-bond donors (Lipinski definition) is 0. The molecule has 2 heteroatoms. The molecule has 132 valence electrons. The van der Waals surface area contributed by atoms with Gasteiger partial charge in [0.05, 0.1) is 0 Å². The van der Waals surface area contributed by atoms with Crippen LogP contribution in [0.4, 0.5) is 0 Å². The first kappa shape index (κ1) is 20.4. The summed E-state index contributed by atoms with van der Waals surface area (Å²) >= 11 is 1.82. The average Bonchev–Trinajstić information content (AvgIpc) is 2.59. The maximum atomic E-state index is 6.00. The highest BCUT2D eigenvalue weighted by Crippen LogP contribution is 2.30. The Balaban J connectivity index is 2.60. The van der Waals surface area contributed by atoms with E-state index in [4.69, 9.17) is 4.74 Å². The second-order valence-corrected chi connectivity index (χ2v) is 7.35. The number of allylic oxidation sites excluding steroid dienone is 2. The minimum atomic E-state index is 0.604. The van der Waals surface area contributed by atoms with E-state index in [1.54, 1.807) is 0 Å². The molecule has 0 aromatic carbocycles. The zero-order valence-corrected chi connectivity index (χ0v) is 16.1. The largest absolute Gasteiger partial charge is 0.489 e. The van der Waals surface area contributed by atoms with Crippen molar-refractivity contribution < 1.29 is 4.74 Å². The lowest BCUT2D eigenvalue weighted by molar-refractivity contribution is 0.253. The van der Waals surface area contributed by atoms with E-state index in [0.717, 1.165) is 5.76 Å². The summed E-state index contributed by atoms with van der Waals surface area (Å²) in [5.74, 6) is 1.79. The van der Waals surface area contributed by atoms with Crippen LogP contribution in [0.3, 0.4) is 0 Å². The van der Waals surface area contributed by atoms with Gasteiger partial charge >= 0.3 is 0 Å². The average molecular weight is 337 g/mol. The Labute approximate surface area is 148 Å². The summed E-state index contributed by atoms with van der Waals surface area (Å²) < 4.78 is 6.00. The van der Waals surface area contributed by atoms with Crippen molar-refractivity contribution in [2.75, 3.05) is 12.9 Å². The molecule has 0 aromatic heterocycles. The van der Waals surface area contributed by atoms with Crippen molar-refractivity contribution >= 4 is 11.8 Å². The third-order valence-electron chi connectivity index (χ3n) is 4.49. The van der Waals surface area contributed by atoms with Crippen LogP contribution in [-0.2, 0) is 4.74 Å². The van der Waals surface area contributed by atoms with Gasteiger partial charge in [-0.1, -0.05) is 70.6 Å². The monoisotopic (exact) mass is 336 g/mol. The first-order valence-electron chi connectivity index (χ1n) is 9.51. The van der Waals surface area contributed by atoms with Crippen molar-refractivity contribution in [3.8, 4) is 0 Å². The molecule has 0 N–H and O–H groups in total. The molecule has 0 spiro atoms. The Bertz CT molecular complexity index is 364. The fraction of sp³-hybridized carbons (Fsp3) is 0.714. The molecule has 1 nitrogen and oxygen atoms in total. The molecular formula is C21H36OS. The fourth-order valence-electron chi connectivity index (χ4n) is 3.13. The van der Waals surface area contributed by atoms with Gasteiger partial charge < -0.3 is 4.74 Å². The summed E-state index contributed by atoms with van der Waals surface area (Å²) in [5, 5.41) is 0. The summed E-state index contributed by atoms with van der Waals surface area (Å²) in [6.45, 7) is 6.66. The minimum Gasteiger partial charge on any atom is -0.489 e. The lowest BCUT2D eigenvalue weighted by atomic mass is 9.89. The SMILES string of the molecule is C=CCOC(=C\C1CCCCC1)/C(=C/CCCCCCC)SC. The molecule has 0 radical (unpaired) electrons. The van der Waals surface area contributed by atoms with E-state index in [9.17, 15) is 0 Å². The normalized spacial score (nSPS) is 17.3. The van der Waals surface area contributed by atoms with Gasteiger partial charge in [-0.2, -0.15) is 0 Å². The fourth-order valence-corrected chi connectivity index (χ4v) is 3.74. The highest BCUT2D eigenvalue weighted by Gasteiger charge is 2.14. The van der Waals surface area contributed by atoms with Gasteiger partial charge in [0, 0.05) is 4.91 Å². The summed E-state index contributed by atoms with van der Waals surface area (Å²) in [5.41, 5.74) is 0. The Hall–Kier alpha value is -0.630. The van der Waals surface area contributed by atoms with Crippen LogP contribution in [0.25, 0.3) is 0 Å². The van der Waals surface area contributed by atoms with Crippen LogP contribution in [0, 0.1) is 5.92 Å². The third-order valence-corrected chi connectivity index (χ3v) is 5.30. The van der Waals surface area contributed by atoms with Crippen LogP contribution >= 0.6 is 11.8 Å². The molecule has 0 heterocycles. The molecule has 0 saturated heterocycles. The Morgan fingerprint density at radius 3 is 2.52 bits per heavy atom. The molecule has 1 saturated carbocycles. The maximum absolute atomic E-state index is 6.00. The molecule has 1 rings (SSSR count). The van der Waals surface area contributed by atoms with Gasteiger partial charge in [0.15, 0.2) is 0 Å². The Morgan fingerprint density at radius 1 is 1.13 bits per heavy atom. The van der Waals surface area contributed by atoms with Gasteiger partial charge in [-0.15, -0.1) is 11.8 Å². The Morgan fingerprint density at radius 2 is 1.87 bits per heavy atom. The van der Waals surface area contributed by atoms with Gasteiger partial charge in [-0.05, 0) is 43.9 Å². The van der Waals surface area contributed by atoms with Gasteiger partial charge in [0.2, 0.25) is 0 Å². The molecule has 1 aliphatic rings. The number of rotatable bonds is 12. The van der Waals surface area contributed by atoms with E-state index in [1.807, 2.05) is 17.8 Å². The van der Waals surface area contributed by atoms with Crippen molar-refractivity contribution in [3.63, 3.8) is 0 Å². The van der Waals surface area contributed by atoms with E-state index in [1.165, 1.54) is 75.5 Å². The molecule has 0 aliphatic heterocycles. The molecule has 0 unspecified atom stereocenters. The first-order valence-corrected chi connectivity index (χ1v) is 10.7. The predicted molar refractivity (Wildman–Crippen MR) is 106 cm³/mol. The molecule has 0 atom stereocenters. The minimum absolute atomic E-state index is 0.604. The van der Waals surface area contributed by atoms with Gasteiger partial charge in [0.1, 0.15) is 12.4 Å². The van der Waals surface area contributed by atoms with Gasteiger partial charge in [-0.25, -0.2) is 0 Å². The Kier molecular flexibility index (Phi) is 12.2. The van der Waals surface area contributed by atoms with E-state index < -0.39 is 0 Å². The first-order chi connectivity index (χ1) is 11.3. The second-order valence-electron chi connectivity index (χ2n) is 6.50. The smallest absolute Gasteiger partial charge is 0.129 e. The quantitative estimate of drug-likeness (QED) is 0.160. The standard InChI is InChI=1S/C21H36OS/c1-4-6-7-8-9-13-16-21(23-3)20(22-17-5-2)18-19-14-11-10-12-15-19/h5,16,18-19H,2,4,6-15,17H2,1,3H3/b20-18-,21-16-. The number of thioether (sulfide) groups is 1. The topological polar surface area (TPSA) is 9.23 Å². The zero-order chi connectivity index (χ0) is 16.8. The molecule has 1 fully saturated rings. The number of unbranched alkanes of at least 4 members (excludes halogenated alkanes) is 5. The number of ether oxygens (including phenoxy) is 1. The van der Waals surface area contributed by atoms with Crippen LogP contribution in [0.15, 0.2) is 35.5 Å². The van der Waals surface area contributed by atoms with Crippen molar-refractivity contribution in [1.82, 2.24) is 0 Å². The van der Waals surface area contributed by atoms with E-state index in [-0.39, 0.29) is 0 Å². The molecule has 0 amide bonds. The van der Waals surface area contributed by atoms with Crippen LogP contribution in [0.2, 0.25) is 0 Å². The molecule has 0 aromatic rings. The van der Waals surface area contributed by atoms with Gasteiger partial charge in [0.25, 0.3) is 0 Å². The highest BCUT2D eigenvalue weighted by atomic mass is 32.2. The van der Waals surface area contributed by atoms with Crippen molar-refractivity contribution in [2.45, 2.75) is 77.6 Å². The van der Waals surface area contributed by atoms with E-state index in [0.29, 0.717) is 12.5 Å². The van der Waals surface area contributed by atoms with Crippen LogP contribution < -0.4 is 0 Å². The summed E-state index contributed by atoms with van der Waals surface area (Å²) in [7, 11) is 0. The van der Waals surface area contributed by atoms with E-state index >= 15 is 0 Å². The molecular weight excluding hydrogens is 300 g/mol. The predicted octanol–water partition coefficient (Wildman–Crippen LogP) is 7.26. The van der Waals surface area contributed by atoms with Gasteiger partial charge in [-0.3, -0.25) is 0 Å². The van der Waals surface area contributed by atoms with Crippen molar-refractivity contribution in [3.05, 3.63) is 35.5 Å². The van der Waals surface area contributed by atoms with Crippen LogP contribution in [0.1, 0.15) is 77.6 Å². The summed E-state index contributed by atoms with van der Waals surface area (Å²) in [6, 6.07) is 0. The summed E-state index contributed by atoms with van der Waals surface area (Å²) in [6.07, 6.45) is 23.4. The summed E-state index contributed by atoms with van der Waals surface area (Å²) in [4.78, 5) is 1.31. The third kappa shape index (κ3) is 9.30. The van der Waals surface area contributed by atoms with Crippen LogP contribution in [-0.4, -0.2) is 12.9 Å². The zero-order valence-electron chi connectivity index (χ0n) is 15.3. The lowest BCUT2D eigenvalue weighted by Gasteiger charge is -2.20. The molecule has 1 aliphatic carbocycles. The number of hydrogen-bond acceptors (Lipinski definition) is 2. The van der Waals surface area contributed by atoms with E-state index in [2.05, 4.69) is 31.9 Å². The maximum Gasteiger partial charge on any atom is 0.129 e. The molecule has 23 heavy (non-hydrogen) atoms.